The molecule has 1 atom stereocenters. The molecule has 0 N–H and O–H groups in total. The van der Waals surface area contributed by atoms with Gasteiger partial charge in [-0.2, -0.15) is 0 Å². The van der Waals surface area contributed by atoms with E-state index in [1.165, 1.54) is 5.06 Å². The van der Waals surface area contributed by atoms with Crippen molar-refractivity contribution in [1.82, 2.24) is 19.5 Å². The summed E-state index contributed by atoms with van der Waals surface area (Å²) < 4.78 is 1.86. The minimum atomic E-state index is -0.506. The van der Waals surface area contributed by atoms with Crippen molar-refractivity contribution < 1.29 is 14.4 Å². The molecule has 0 saturated carbocycles. The maximum atomic E-state index is 13.0. The SMILES string of the molecule is Cc1cccc(C(=O)N2Cc3cncn3C(C(=O)N3CCCCO3)C2)c1. The Morgan fingerprint density at radius 2 is 2.15 bits per heavy atom. The summed E-state index contributed by atoms with van der Waals surface area (Å²) in [6, 6.07) is 7.02. The van der Waals surface area contributed by atoms with Crippen LogP contribution in [0.3, 0.4) is 0 Å². The van der Waals surface area contributed by atoms with Crippen molar-refractivity contribution in [2.75, 3.05) is 19.7 Å². The maximum Gasteiger partial charge on any atom is 0.271 e. The standard InChI is InChI=1S/C19H22N4O3/c1-14-5-4-6-15(9-14)18(24)21-11-16-10-20-13-22(16)17(12-21)19(25)23-7-2-3-8-26-23/h4-6,9-10,13,17H,2-3,7-8,11-12H2,1H3. The number of nitrogens with zero attached hydrogens (tertiary/aromatic N) is 4. The third kappa shape index (κ3) is 3.10. The first-order valence-electron chi connectivity index (χ1n) is 8.94. The Hall–Kier alpha value is -2.67. The van der Waals surface area contributed by atoms with Crippen LogP contribution < -0.4 is 0 Å². The van der Waals surface area contributed by atoms with E-state index in [0.717, 1.165) is 24.1 Å². The zero-order valence-corrected chi connectivity index (χ0v) is 14.8. The lowest BCUT2D eigenvalue weighted by molar-refractivity contribution is -0.201. The van der Waals surface area contributed by atoms with Gasteiger partial charge in [0.05, 0.1) is 31.7 Å². The second-order valence-electron chi connectivity index (χ2n) is 6.84. The van der Waals surface area contributed by atoms with Gasteiger partial charge in [0.1, 0.15) is 6.04 Å². The van der Waals surface area contributed by atoms with Crippen molar-refractivity contribution >= 4 is 11.8 Å². The first-order chi connectivity index (χ1) is 12.6. The Bertz CT molecular complexity index is 826. The van der Waals surface area contributed by atoms with Crippen LogP contribution in [-0.2, 0) is 16.2 Å². The number of hydrogen-bond donors (Lipinski definition) is 0. The van der Waals surface area contributed by atoms with Gasteiger partial charge in [0, 0.05) is 18.3 Å². The molecule has 3 heterocycles. The summed E-state index contributed by atoms with van der Waals surface area (Å²) in [5.74, 6) is -0.191. The first-order valence-corrected chi connectivity index (χ1v) is 8.94. The number of hydrogen-bond acceptors (Lipinski definition) is 4. The Balaban J connectivity index is 1.59. The molecule has 136 valence electrons. The van der Waals surface area contributed by atoms with Crippen LogP contribution >= 0.6 is 0 Å². The van der Waals surface area contributed by atoms with Gasteiger partial charge in [0.2, 0.25) is 0 Å². The van der Waals surface area contributed by atoms with E-state index in [2.05, 4.69) is 4.98 Å². The highest BCUT2D eigenvalue weighted by Crippen LogP contribution is 2.25. The maximum absolute atomic E-state index is 13.0. The molecule has 2 aromatic rings. The van der Waals surface area contributed by atoms with Crippen molar-refractivity contribution in [2.24, 2.45) is 0 Å². The third-order valence-corrected chi connectivity index (χ3v) is 4.91. The zero-order chi connectivity index (χ0) is 18.1. The molecule has 7 nitrogen and oxygen atoms in total. The number of hydroxylamine groups is 2. The average Bonchev–Trinajstić information content (AvgIpc) is 3.15. The van der Waals surface area contributed by atoms with Gasteiger partial charge in [-0.25, -0.2) is 10.0 Å². The van der Waals surface area contributed by atoms with E-state index in [4.69, 9.17) is 4.84 Å². The highest BCUT2D eigenvalue weighted by atomic mass is 16.7. The highest BCUT2D eigenvalue weighted by Gasteiger charge is 2.36. The second-order valence-corrected chi connectivity index (χ2v) is 6.84. The number of aromatic nitrogens is 2. The van der Waals surface area contributed by atoms with Crippen LogP contribution in [0.25, 0.3) is 0 Å². The molecule has 2 aliphatic rings. The van der Waals surface area contributed by atoms with Gasteiger partial charge in [-0.1, -0.05) is 17.7 Å². The van der Waals surface area contributed by atoms with E-state index < -0.39 is 6.04 Å². The van der Waals surface area contributed by atoms with Gasteiger partial charge in [0.25, 0.3) is 11.8 Å². The van der Waals surface area contributed by atoms with Gasteiger partial charge in [-0.3, -0.25) is 14.4 Å². The Labute approximate surface area is 152 Å². The molecule has 0 radical (unpaired) electrons. The second kappa shape index (κ2) is 6.92. The molecule has 0 aliphatic carbocycles. The first kappa shape index (κ1) is 16.8. The molecule has 4 rings (SSSR count). The summed E-state index contributed by atoms with van der Waals surface area (Å²) in [5, 5.41) is 1.44. The van der Waals surface area contributed by atoms with Crippen molar-refractivity contribution in [3.63, 3.8) is 0 Å². The van der Waals surface area contributed by atoms with Crippen molar-refractivity contribution in [3.8, 4) is 0 Å². The lowest BCUT2D eigenvalue weighted by Crippen LogP contribution is -2.48. The highest BCUT2D eigenvalue weighted by molar-refractivity contribution is 5.95. The summed E-state index contributed by atoms with van der Waals surface area (Å²) in [7, 11) is 0. The monoisotopic (exact) mass is 354 g/mol. The Morgan fingerprint density at radius 1 is 1.27 bits per heavy atom. The Morgan fingerprint density at radius 3 is 2.92 bits per heavy atom. The molecule has 7 heteroatoms. The molecule has 1 unspecified atom stereocenters. The molecule has 2 amide bonds. The molecule has 26 heavy (non-hydrogen) atoms. The zero-order valence-electron chi connectivity index (χ0n) is 14.8. The third-order valence-electron chi connectivity index (χ3n) is 4.91. The van der Waals surface area contributed by atoms with Gasteiger partial charge in [-0.05, 0) is 31.9 Å². The number of benzene rings is 1. The van der Waals surface area contributed by atoms with Crippen LogP contribution in [0.1, 0.15) is 40.5 Å². The number of aryl methyl sites for hydroxylation is 1. The predicted octanol–water partition coefficient (Wildman–Crippen LogP) is 1.94. The van der Waals surface area contributed by atoms with E-state index in [0.29, 0.717) is 31.8 Å². The van der Waals surface area contributed by atoms with Gasteiger partial charge in [-0.15, -0.1) is 0 Å². The number of rotatable bonds is 2. The normalized spacial score (nSPS) is 20.0. The smallest absolute Gasteiger partial charge is 0.271 e. The van der Waals surface area contributed by atoms with Crippen LogP contribution in [0.5, 0.6) is 0 Å². The van der Waals surface area contributed by atoms with Crippen molar-refractivity contribution in [2.45, 2.75) is 32.4 Å². The van der Waals surface area contributed by atoms with Gasteiger partial charge >= 0.3 is 0 Å². The van der Waals surface area contributed by atoms with Crippen LogP contribution in [-0.4, -0.2) is 51.0 Å². The quantitative estimate of drug-likeness (QED) is 0.827. The van der Waals surface area contributed by atoms with E-state index >= 15 is 0 Å². The fourth-order valence-electron chi connectivity index (χ4n) is 3.54. The van der Waals surface area contributed by atoms with Crippen LogP contribution in [0.15, 0.2) is 36.8 Å². The summed E-state index contributed by atoms with van der Waals surface area (Å²) in [6.45, 7) is 3.86. The summed E-state index contributed by atoms with van der Waals surface area (Å²) in [4.78, 5) is 37.4. The van der Waals surface area contributed by atoms with Crippen LogP contribution in [0.4, 0.5) is 0 Å². The number of amides is 2. The van der Waals surface area contributed by atoms with Crippen LogP contribution in [0, 0.1) is 6.92 Å². The number of imidazole rings is 1. The molecule has 1 fully saturated rings. The summed E-state index contributed by atoms with van der Waals surface area (Å²) in [5.41, 5.74) is 2.53. The van der Waals surface area contributed by atoms with E-state index in [1.54, 1.807) is 17.4 Å². The molecular weight excluding hydrogens is 332 g/mol. The lowest BCUT2D eigenvalue weighted by Gasteiger charge is -2.36. The van der Waals surface area contributed by atoms with Crippen molar-refractivity contribution in [3.05, 3.63) is 53.6 Å². The molecule has 0 spiro atoms. The topological polar surface area (TPSA) is 67.7 Å². The largest absolute Gasteiger partial charge is 0.330 e. The number of carbonyl (C=O) groups excluding carboxylic acids is 2. The average molecular weight is 354 g/mol. The van der Waals surface area contributed by atoms with E-state index in [1.807, 2.05) is 35.8 Å². The molecule has 1 aromatic heterocycles. The fraction of sp³-hybridized carbons (Fsp3) is 0.421. The lowest BCUT2D eigenvalue weighted by atomic mass is 10.1. The summed E-state index contributed by atoms with van der Waals surface area (Å²) >= 11 is 0. The Kier molecular flexibility index (Phi) is 4.46. The van der Waals surface area contributed by atoms with Crippen LogP contribution in [0.2, 0.25) is 0 Å². The molecule has 1 saturated heterocycles. The van der Waals surface area contributed by atoms with E-state index in [9.17, 15) is 9.59 Å². The fourth-order valence-corrected chi connectivity index (χ4v) is 3.54. The number of fused-ring (bicyclic) bond motifs is 1. The molecule has 1 aromatic carbocycles. The predicted molar refractivity (Wildman–Crippen MR) is 94.1 cm³/mol. The van der Waals surface area contributed by atoms with Gasteiger partial charge < -0.3 is 9.47 Å². The summed E-state index contributed by atoms with van der Waals surface area (Å²) in [6.07, 6.45) is 5.27. The van der Waals surface area contributed by atoms with E-state index in [-0.39, 0.29) is 11.8 Å². The molecule has 0 bridgehead atoms. The minimum absolute atomic E-state index is 0.0708. The van der Waals surface area contributed by atoms with Gasteiger partial charge in [0.15, 0.2) is 0 Å². The molecule has 2 aliphatic heterocycles. The van der Waals surface area contributed by atoms with Crippen molar-refractivity contribution in [1.29, 1.82) is 0 Å². The minimum Gasteiger partial charge on any atom is -0.330 e. The number of carbonyl (C=O) groups is 2. The molecular formula is C19H22N4O3.